The largest absolute Gasteiger partial charge is 0.486 e. The van der Waals surface area contributed by atoms with Gasteiger partial charge in [-0.1, -0.05) is 36.6 Å². The average molecular weight is 426 g/mol. The standard InChI is InChI=1S/C24H31N3O4/c1-18(28)19-8-7-9-20(14-19)30-16-21-15-22(26-31-21)23(29)25-17-24(10-3-4-11-24)27-12-5-2-6-13-27/h7-9,14-15H,2-6,10-13,16-17H2,1H3,(H,25,29). The maximum atomic E-state index is 12.7. The van der Waals surface area contributed by atoms with E-state index in [1.807, 2.05) is 0 Å². The Kier molecular flexibility index (Phi) is 6.70. The van der Waals surface area contributed by atoms with Crippen LogP contribution >= 0.6 is 0 Å². The summed E-state index contributed by atoms with van der Waals surface area (Å²) in [4.78, 5) is 26.8. The van der Waals surface area contributed by atoms with Gasteiger partial charge in [-0.25, -0.2) is 0 Å². The third kappa shape index (κ3) is 5.15. The fraction of sp³-hybridized carbons (Fsp3) is 0.542. The molecule has 1 aromatic heterocycles. The summed E-state index contributed by atoms with van der Waals surface area (Å²) in [7, 11) is 0. The Morgan fingerprint density at radius 3 is 2.65 bits per heavy atom. The summed E-state index contributed by atoms with van der Waals surface area (Å²) in [5.41, 5.74) is 0.945. The second kappa shape index (κ2) is 9.64. The van der Waals surface area contributed by atoms with Crippen LogP contribution < -0.4 is 10.1 Å². The SMILES string of the molecule is CC(=O)c1cccc(OCc2cc(C(=O)NCC3(N4CCCCC4)CCCC3)no2)c1. The van der Waals surface area contributed by atoms with E-state index < -0.39 is 0 Å². The first-order chi connectivity index (χ1) is 15.1. The van der Waals surface area contributed by atoms with Crippen molar-refractivity contribution in [2.75, 3.05) is 19.6 Å². The summed E-state index contributed by atoms with van der Waals surface area (Å²) in [6, 6.07) is 8.60. The van der Waals surface area contributed by atoms with E-state index in [-0.39, 0.29) is 29.5 Å². The summed E-state index contributed by atoms with van der Waals surface area (Å²) in [5.74, 6) is 0.801. The molecule has 4 rings (SSSR count). The Bertz CT molecular complexity index is 911. The van der Waals surface area contributed by atoms with Crippen LogP contribution in [0.15, 0.2) is 34.9 Å². The van der Waals surface area contributed by atoms with Crippen LogP contribution in [-0.4, -0.2) is 46.9 Å². The Hall–Kier alpha value is -2.67. The molecule has 1 amide bonds. The third-order valence-corrected chi connectivity index (χ3v) is 6.55. The van der Waals surface area contributed by atoms with Crippen molar-refractivity contribution in [3.05, 3.63) is 47.3 Å². The Morgan fingerprint density at radius 1 is 1.13 bits per heavy atom. The summed E-state index contributed by atoms with van der Waals surface area (Å²) in [6.07, 6.45) is 8.54. The lowest BCUT2D eigenvalue weighted by molar-refractivity contribution is 0.0639. The minimum absolute atomic E-state index is 0.0198. The molecule has 2 fully saturated rings. The number of nitrogens with one attached hydrogen (secondary N) is 1. The number of hydrogen-bond acceptors (Lipinski definition) is 6. The van der Waals surface area contributed by atoms with E-state index in [1.165, 1.54) is 39.0 Å². The fourth-order valence-electron chi connectivity index (χ4n) is 4.79. The minimum Gasteiger partial charge on any atom is -0.486 e. The molecule has 0 radical (unpaired) electrons. The van der Waals surface area contributed by atoms with E-state index in [1.54, 1.807) is 30.3 Å². The lowest BCUT2D eigenvalue weighted by Gasteiger charge is -2.43. The number of rotatable bonds is 8. The number of ketones is 1. The van der Waals surface area contributed by atoms with E-state index >= 15 is 0 Å². The molecule has 1 N–H and O–H groups in total. The number of carbonyl (C=O) groups excluding carboxylic acids is 2. The number of benzene rings is 1. The van der Waals surface area contributed by atoms with Gasteiger partial charge in [-0.3, -0.25) is 14.5 Å². The minimum atomic E-state index is -0.211. The predicted molar refractivity (Wildman–Crippen MR) is 116 cm³/mol. The van der Waals surface area contributed by atoms with Gasteiger partial charge in [0, 0.05) is 23.7 Å². The second-order valence-electron chi connectivity index (χ2n) is 8.71. The molecule has 2 aliphatic rings. The summed E-state index contributed by atoms with van der Waals surface area (Å²) < 4.78 is 11.0. The first-order valence-electron chi connectivity index (χ1n) is 11.3. The van der Waals surface area contributed by atoms with E-state index in [2.05, 4.69) is 15.4 Å². The molecule has 31 heavy (non-hydrogen) atoms. The van der Waals surface area contributed by atoms with Gasteiger partial charge in [-0.15, -0.1) is 0 Å². The molecule has 1 aliphatic heterocycles. The van der Waals surface area contributed by atoms with Crippen molar-refractivity contribution in [2.45, 2.75) is 64.0 Å². The van der Waals surface area contributed by atoms with Crippen molar-refractivity contribution >= 4 is 11.7 Å². The van der Waals surface area contributed by atoms with Gasteiger partial charge < -0.3 is 14.6 Å². The Morgan fingerprint density at radius 2 is 1.90 bits per heavy atom. The van der Waals surface area contributed by atoms with Crippen molar-refractivity contribution in [3.8, 4) is 5.75 Å². The highest BCUT2D eigenvalue weighted by Gasteiger charge is 2.40. The molecule has 1 saturated heterocycles. The fourth-order valence-corrected chi connectivity index (χ4v) is 4.79. The molecule has 1 aliphatic carbocycles. The number of carbonyl (C=O) groups is 2. The molecule has 0 bridgehead atoms. The highest BCUT2D eigenvalue weighted by atomic mass is 16.5. The maximum Gasteiger partial charge on any atom is 0.273 e. The first kappa shape index (κ1) is 21.6. The van der Waals surface area contributed by atoms with E-state index in [9.17, 15) is 9.59 Å². The number of ether oxygens (including phenoxy) is 1. The van der Waals surface area contributed by atoms with Gasteiger partial charge in [-0.05, 0) is 57.8 Å². The van der Waals surface area contributed by atoms with Gasteiger partial charge in [0.25, 0.3) is 5.91 Å². The van der Waals surface area contributed by atoms with E-state index in [0.717, 1.165) is 25.9 Å². The van der Waals surface area contributed by atoms with Crippen LogP contribution in [0.4, 0.5) is 0 Å². The second-order valence-corrected chi connectivity index (χ2v) is 8.71. The zero-order chi connectivity index (χ0) is 21.7. The molecule has 0 atom stereocenters. The Balaban J connectivity index is 1.32. The number of piperidine rings is 1. The van der Waals surface area contributed by atoms with Crippen LogP contribution in [-0.2, 0) is 6.61 Å². The van der Waals surface area contributed by atoms with Crippen molar-refractivity contribution in [3.63, 3.8) is 0 Å². The molecular formula is C24H31N3O4. The van der Waals surface area contributed by atoms with E-state index in [0.29, 0.717) is 23.6 Å². The normalized spacial score (nSPS) is 18.6. The van der Waals surface area contributed by atoms with Crippen LogP contribution in [0, 0.1) is 0 Å². The van der Waals surface area contributed by atoms with Crippen LogP contribution in [0.3, 0.4) is 0 Å². The maximum absolute atomic E-state index is 12.7. The topological polar surface area (TPSA) is 84.7 Å². The molecule has 2 heterocycles. The lowest BCUT2D eigenvalue weighted by atomic mass is 9.92. The molecular weight excluding hydrogens is 394 g/mol. The van der Waals surface area contributed by atoms with Gasteiger partial charge in [-0.2, -0.15) is 0 Å². The quantitative estimate of drug-likeness (QED) is 0.644. The van der Waals surface area contributed by atoms with Gasteiger partial charge in [0.1, 0.15) is 12.4 Å². The zero-order valence-electron chi connectivity index (χ0n) is 18.2. The Labute approximate surface area is 183 Å². The van der Waals surface area contributed by atoms with Gasteiger partial charge >= 0.3 is 0 Å². The number of likely N-dealkylation sites (tertiary alicyclic amines) is 1. The first-order valence-corrected chi connectivity index (χ1v) is 11.3. The summed E-state index contributed by atoms with van der Waals surface area (Å²) in [6.45, 7) is 4.57. The van der Waals surface area contributed by atoms with E-state index in [4.69, 9.17) is 9.26 Å². The highest BCUT2D eigenvalue weighted by molar-refractivity contribution is 5.94. The van der Waals surface area contributed by atoms with Crippen molar-refractivity contribution in [2.24, 2.45) is 0 Å². The highest BCUT2D eigenvalue weighted by Crippen LogP contribution is 2.36. The van der Waals surface area contributed by atoms with Crippen molar-refractivity contribution in [1.29, 1.82) is 0 Å². The molecule has 166 valence electrons. The molecule has 0 unspecified atom stereocenters. The van der Waals surface area contributed by atoms with Gasteiger partial charge in [0.2, 0.25) is 0 Å². The van der Waals surface area contributed by atoms with Crippen LogP contribution in [0.5, 0.6) is 5.75 Å². The smallest absolute Gasteiger partial charge is 0.273 e. The third-order valence-electron chi connectivity index (χ3n) is 6.55. The average Bonchev–Trinajstić information content (AvgIpc) is 3.47. The predicted octanol–water partition coefficient (Wildman–Crippen LogP) is 3.98. The number of hydrogen-bond donors (Lipinski definition) is 1. The van der Waals surface area contributed by atoms with Crippen LogP contribution in [0.2, 0.25) is 0 Å². The number of aromatic nitrogens is 1. The lowest BCUT2D eigenvalue weighted by Crippen LogP contribution is -2.55. The molecule has 0 spiro atoms. The molecule has 2 aromatic rings. The number of nitrogens with zero attached hydrogens (tertiary/aromatic N) is 2. The number of Topliss-reactive ketones (excluding diaryl/α,β-unsaturated/α-hetero) is 1. The molecule has 7 nitrogen and oxygen atoms in total. The molecule has 1 saturated carbocycles. The summed E-state index contributed by atoms with van der Waals surface area (Å²) in [5, 5.41) is 7.02. The van der Waals surface area contributed by atoms with Gasteiger partial charge in [0.15, 0.2) is 17.2 Å². The molecule has 1 aromatic carbocycles. The number of amides is 1. The zero-order valence-corrected chi connectivity index (χ0v) is 18.2. The monoisotopic (exact) mass is 425 g/mol. The summed E-state index contributed by atoms with van der Waals surface area (Å²) >= 11 is 0. The van der Waals surface area contributed by atoms with Gasteiger partial charge in [0.05, 0.1) is 0 Å². The van der Waals surface area contributed by atoms with Crippen molar-refractivity contribution < 1.29 is 18.8 Å². The molecule has 7 heteroatoms. The van der Waals surface area contributed by atoms with Crippen molar-refractivity contribution in [1.82, 2.24) is 15.4 Å². The van der Waals surface area contributed by atoms with Crippen LogP contribution in [0.25, 0.3) is 0 Å². The van der Waals surface area contributed by atoms with Crippen LogP contribution in [0.1, 0.15) is 78.5 Å².